The molecule has 0 radical (unpaired) electrons. The Hall–Kier alpha value is -2.57. The number of halogens is 1. The van der Waals surface area contributed by atoms with Gasteiger partial charge in [-0.15, -0.1) is 0 Å². The molecule has 1 aromatic carbocycles. The maximum atomic E-state index is 12.8. The van der Waals surface area contributed by atoms with E-state index in [4.69, 9.17) is 16.3 Å². The molecular formula is C19H15ClN2O3S. The maximum absolute atomic E-state index is 12.8. The lowest BCUT2D eigenvalue weighted by molar-refractivity contribution is -0.116. The first-order valence-corrected chi connectivity index (χ1v) is 9.27. The number of para-hydroxylation sites is 1. The highest BCUT2D eigenvalue weighted by molar-refractivity contribution is 7.08. The van der Waals surface area contributed by atoms with Crippen LogP contribution in [0.2, 0.25) is 5.02 Å². The zero-order valence-corrected chi connectivity index (χ0v) is 15.6. The van der Waals surface area contributed by atoms with E-state index >= 15 is 0 Å². The molecule has 1 aliphatic heterocycles. The molecule has 7 heteroatoms. The molecule has 132 valence electrons. The molecule has 0 saturated carbocycles. The molecular weight excluding hydrogens is 372 g/mol. The molecule has 0 unspecified atom stereocenters. The van der Waals surface area contributed by atoms with Gasteiger partial charge in [0.2, 0.25) is 5.91 Å². The largest absolute Gasteiger partial charge is 0.465 e. The minimum absolute atomic E-state index is 0.214. The average Bonchev–Trinajstić information content (AvgIpc) is 3.32. The van der Waals surface area contributed by atoms with E-state index in [0.29, 0.717) is 27.5 Å². The fraction of sp³-hybridized carbons (Fsp3) is 0.158. The van der Waals surface area contributed by atoms with E-state index in [0.717, 1.165) is 16.8 Å². The minimum atomic E-state index is -0.641. The van der Waals surface area contributed by atoms with Gasteiger partial charge in [0.15, 0.2) is 0 Å². The zero-order valence-electron chi connectivity index (χ0n) is 14.1. The number of esters is 1. The molecule has 2 N–H and O–H groups in total. The van der Waals surface area contributed by atoms with Crippen molar-refractivity contribution < 1.29 is 14.3 Å². The Kier molecular flexibility index (Phi) is 4.09. The Bertz CT molecular complexity index is 1020. The quantitative estimate of drug-likeness (QED) is 0.647. The van der Waals surface area contributed by atoms with E-state index in [2.05, 4.69) is 10.3 Å². The van der Waals surface area contributed by atoms with Gasteiger partial charge in [-0.3, -0.25) is 4.79 Å². The summed E-state index contributed by atoms with van der Waals surface area (Å²) in [7, 11) is 1.34. The summed E-state index contributed by atoms with van der Waals surface area (Å²) in [5.41, 5.74) is 4.69. The van der Waals surface area contributed by atoms with Crippen LogP contribution in [0.25, 0.3) is 11.3 Å². The van der Waals surface area contributed by atoms with Crippen molar-refractivity contribution >= 4 is 40.5 Å². The van der Waals surface area contributed by atoms with Crippen LogP contribution in [0.4, 0.5) is 5.69 Å². The fourth-order valence-electron chi connectivity index (χ4n) is 3.47. The van der Waals surface area contributed by atoms with Crippen LogP contribution in [0.5, 0.6) is 0 Å². The monoisotopic (exact) mass is 386 g/mol. The lowest BCUT2D eigenvalue weighted by Gasteiger charge is -2.13. The number of carbonyl (C=O) groups is 2. The van der Waals surface area contributed by atoms with Gasteiger partial charge in [-0.25, -0.2) is 4.79 Å². The highest BCUT2D eigenvalue weighted by atomic mass is 35.5. The highest BCUT2D eigenvalue weighted by Gasteiger charge is 2.39. The molecule has 4 rings (SSSR count). The number of fused-ring (bicyclic) bond motifs is 1. The van der Waals surface area contributed by atoms with Crippen LogP contribution in [0.1, 0.15) is 33.1 Å². The third-order valence-corrected chi connectivity index (χ3v) is 5.58. The van der Waals surface area contributed by atoms with Crippen LogP contribution in [0.3, 0.4) is 0 Å². The summed E-state index contributed by atoms with van der Waals surface area (Å²) in [6.45, 7) is 1.80. The van der Waals surface area contributed by atoms with Crippen LogP contribution in [-0.2, 0) is 9.53 Å². The minimum Gasteiger partial charge on any atom is -0.465 e. The summed E-state index contributed by atoms with van der Waals surface area (Å²) in [6, 6.07) is 7.33. The summed E-state index contributed by atoms with van der Waals surface area (Å²) >= 11 is 7.80. The number of hydrogen-bond acceptors (Lipinski definition) is 4. The predicted molar refractivity (Wildman–Crippen MR) is 102 cm³/mol. The second-order valence-corrected chi connectivity index (χ2v) is 7.23. The number of thiophene rings is 1. The van der Waals surface area contributed by atoms with Crippen molar-refractivity contribution in [3.05, 3.63) is 62.4 Å². The number of hydrogen-bond donors (Lipinski definition) is 2. The number of aromatic nitrogens is 1. The van der Waals surface area contributed by atoms with Crippen LogP contribution in [0.15, 0.2) is 35.0 Å². The van der Waals surface area contributed by atoms with Crippen molar-refractivity contribution in [2.45, 2.75) is 12.8 Å². The molecule has 1 aliphatic rings. The van der Waals surface area contributed by atoms with E-state index < -0.39 is 11.9 Å². The highest BCUT2D eigenvalue weighted by Crippen LogP contribution is 2.46. The van der Waals surface area contributed by atoms with Crippen LogP contribution in [-0.4, -0.2) is 24.0 Å². The Labute approximate surface area is 159 Å². The van der Waals surface area contributed by atoms with E-state index in [1.165, 1.54) is 7.11 Å². The number of aryl methyl sites for hydroxylation is 1. The van der Waals surface area contributed by atoms with Gasteiger partial charge in [-0.05, 0) is 30.0 Å². The molecule has 5 nitrogen and oxygen atoms in total. The Morgan fingerprint density at radius 3 is 2.81 bits per heavy atom. The Morgan fingerprint density at radius 1 is 1.31 bits per heavy atom. The molecule has 3 heterocycles. The number of rotatable bonds is 3. The third-order valence-electron chi connectivity index (χ3n) is 4.58. The summed E-state index contributed by atoms with van der Waals surface area (Å²) in [5.74, 6) is -1.33. The Morgan fingerprint density at radius 2 is 2.12 bits per heavy atom. The van der Waals surface area contributed by atoms with Crippen LogP contribution in [0, 0.1) is 6.92 Å². The number of methoxy groups -OCH3 is 1. The number of anilines is 1. The summed E-state index contributed by atoms with van der Waals surface area (Å²) in [4.78, 5) is 28.6. The molecule has 1 atom stereocenters. The summed E-state index contributed by atoms with van der Waals surface area (Å²) in [5, 5.41) is 7.25. The smallest absolute Gasteiger partial charge is 0.340 e. The van der Waals surface area contributed by atoms with Crippen molar-refractivity contribution in [3.63, 3.8) is 0 Å². The normalized spacial score (nSPS) is 15.7. The predicted octanol–water partition coefficient (Wildman–Crippen LogP) is 4.58. The number of amides is 1. The van der Waals surface area contributed by atoms with Gasteiger partial charge >= 0.3 is 5.97 Å². The zero-order chi connectivity index (χ0) is 18.4. The fourth-order valence-corrected chi connectivity index (χ4v) is 4.34. The second kappa shape index (κ2) is 6.30. The first-order valence-electron chi connectivity index (χ1n) is 7.95. The van der Waals surface area contributed by atoms with Gasteiger partial charge in [-0.2, -0.15) is 11.3 Å². The number of benzene rings is 1. The van der Waals surface area contributed by atoms with E-state index in [9.17, 15) is 9.59 Å². The molecule has 0 aliphatic carbocycles. The van der Waals surface area contributed by atoms with Crippen molar-refractivity contribution in [1.82, 2.24) is 4.98 Å². The molecule has 0 fully saturated rings. The van der Waals surface area contributed by atoms with Crippen molar-refractivity contribution in [3.8, 4) is 11.3 Å². The SMILES string of the molecule is COC(=O)c1c(C)[nH]c(-c2ccsc2)c1[C@H]1C(=O)Nc2c(Cl)cccc21. The third kappa shape index (κ3) is 2.45. The van der Waals surface area contributed by atoms with E-state index in [1.807, 2.05) is 22.9 Å². The molecule has 0 saturated heterocycles. The molecule has 1 amide bonds. The van der Waals surface area contributed by atoms with E-state index in [1.54, 1.807) is 30.4 Å². The number of nitrogens with one attached hydrogen (secondary N) is 2. The molecule has 0 bridgehead atoms. The topological polar surface area (TPSA) is 71.2 Å². The number of aromatic amines is 1. The lowest BCUT2D eigenvalue weighted by Crippen LogP contribution is -2.17. The van der Waals surface area contributed by atoms with Gasteiger partial charge in [0.05, 0.1) is 35.0 Å². The van der Waals surface area contributed by atoms with E-state index in [-0.39, 0.29) is 5.91 Å². The van der Waals surface area contributed by atoms with Crippen molar-refractivity contribution in [1.29, 1.82) is 0 Å². The molecule has 3 aromatic rings. The summed E-state index contributed by atoms with van der Waals surface area (Å²) < 4.78 is 4.98. The lowest BCUT2D eigenvalue weighted by atomic mass is 9.88. The van der Waals surface area contributed by atoms with Gasteiger partial charge in [0.1, 0.15) is 0 Å². The van der Waals surface area contributed by atoms with Gasteiger partial charge in [0, 0.05) is 22.2 Å². The first-order chi connectivity index (χ1) is 12.5. The summed E-state index contributed by atoms with van der Waals surface area (Å²) in [6.07, 6.45) is 0. The number of H-pyrrole nitrogens is 1. The first kappa shape index (κ1) is 16.9. The maximum Gasteiger partial charge on any atom is 0.340 e. The van der Waals surface area contributed by atoms with Crippen LogP contribution < -0.4 is 5.32 Å². The second-order valence-electron chi connectivity index (χ2n) is 6.04. The molecule has 0 spiro atoms. The molecule has 2 aromatic heterocycles. The molecule has 26 heavy (non-hydrogen) atoms. The van der Waals surface area contributed by atoms with Crippen molar-refractivity contribution in [2.24, 2.45) is 0 Å². The Balaban J connectivity index is 2.01. The van der Waals surface area contributed by atoms with Gasteiger partial charge in [-0.1, -0.05) is 23.7 Å². The standard InChI is InChI=1S/C19H15ClN2O3S/c1-9-13(19(24)25-2)15(16(21-9)10-6-7-26-8-10)14-11-4-3-5-12(20)17(11)22-18(14)23/h3-8,14,21H,1-2H3,(H,22,23)/t14-/m0/s1. The average molecular weight is 387 g/mol. The van der Waals surface area contributed by atoms with Crippen molar-refractivity contribution in [2.75, 3.05) is 12.4 Å². The number of carbonyl (C=O) groups excluding carboxylic acids is 2. The van der Waals surface area contributed by atoms with Crippen LogP contribution >= 0.6 is 22.9 Å². The van der Waals surface area contributed by atoms with Gasteiger partial charge in [0.25, 0.3) is 0 Å². The van der Waals surface area contributed by atoms with Gasteiger partial charge < -0.3 is 15.0 Å². The number of ether oxygens (including phenoxy) is 1.